The molecule has 0 N–H and O–H groups in total. The molecule has 0 aromatic heterocycles. The molecule has 0 spiro atoms. The van der Waals surface area contributed by atoms with Crippen LogP contribution in [0.2, 0.25) is 0 Å². The number of aryl methyl sites for hydroxylation is 1. The molecule has 0 amide bonds. The smallest absolute Gasteiger partial charge is 0.325 e. The molecule has 1 atom stereocenters. The summed E-state index contributed by atoms with van der Waals surface area (Å²) < 4.78 is 33.8. The van der Waals surface area contributed by atoms with E-state index in [9.17, 15) is 13.2 Å². The summed E-state index contributed by atoms with van der Waals surface area (Å²) in [5.41, 5.74) is 2.61. The van der Waals surface area contributed by atoms with E-state index < -0.39 is 22.0 Å². The summed E-state index contributed by atoms with van der Waals surface area (Å²) in [5.74, 6) is -0.602. The van der Waals surface area contributed by atoms with E-state index in [0.29, 0.717) is 0 Å². The minimum absolute atomic E-state index is 0.0197. The van der Waals surface area contributed by atoms with Gasteiger partial charge >= 0.3 is 5.97 Å². The van der Waals surface area contributed by atoms with Crippen molar-refractivity contribution >= 4 is 16.0 Å². The zero-order valence-electron chi connectivity index (χ0n) is 18.1. The number of carbonyl (C=O) groups is 1. The molecule has 0 aliphatic carbocycles. The normalized spacial score (nSPS) is 12.3. The van der Waals surface area contributed by atoms with Crippen LogP contribution in [-0.4, -0.2) is 31.3 Å². The second-order valence-corrected chi connectivity index (χ2v) is 9.37. The number of nitrogens with zero attached hydrogens (tertiary/aromatic N) is 1. The lowest BCUT2D eigenvalue weighted by Gasteiger charge is -2.29. The number of hydrogen-bond donors (Lipinski definition) is 0. The van der Waals surface area contributed by atoms with Gasteiger partial charge in [0.05, 0.1) is 4.90 Å². The molecule has 3 aromatic rings. The Morgan fingerprint density at radius 1 is 0.938 bits per heavy atom. The quantitative estimate of drug-likeness (QED) is 0.337. The van der Waals surface area contributed by atoms with Crippen LogP contribution in [0.3, 0.4) is 0 Å². The van der Waals surface area contributed by atoms with Gasteiger partial charge in [-0.05, 0) is 36.6 Å². The first kappa shape index (κ1) is 23.4. The molecule has 0 aliphatic rings. The second-order valence-electron chi connectivity index (χ2n) is 7.48. The van der Waals surface area contributed by atoms with Gasteiger partial charge in [0.2, 0.25) is 10.0 Å². The molecule has 0 heterocycles. The molecule has 166 valence electrons. The topological polar surface area (TPSA) is 63.7 Å². The van der Waals surface area contributed by atoms with Gasteiger partial charge in [-0.25, -0.2) is 8.42 Å². The van der Waals surface area contributed by atoms with Gasteiger partial charge in [-0.1, -0.05) is 84.4 Å². The fraction of sp³-hybridized carbons (Fsp3) is 0.192. The van der Waals surface area contributed by atoms with E-state index in [1.165, 1.54) is 10.4 Å². The van der Waals surface area contributed by atoms with Crippen molar-refractivity contribution in [3.8, 4) is 0 Å². The highest BCUT2D eigenvalue weighted by Crippen LogP contribution is 2.22. The van der Waals surface area contributed by atoms with Crippen LogP contribution in [0.1, 0.15) is 16.7 Å². The summed E-state index contributed by atoms with van der Waals surface area (Å²) in [7, 11) is -3.97. The van der Waals surface area contributed by atoms with Crippen LogP contribution >= 0.6 is 0 Å². The average molecular weight is 450 g/mol. The number of esters is 1. The maximum absolute atomic E-state index is 13.5. The van der Waals surface area contributed by atoms with Crippen molar-refractivity contribution in [2.45, 2.75) is 30.9 Å². The summed E-state index contributed by atoms with van der Waals surface area (Å²) >= 11 is 0. The zero-order valence-corrected chi connectivity index (χ0v) is 18.9. The number of carbonyl (C=O) groups excluding carboxylic acids is 1. The minimum atomic E-state index is -3.97. The Bertz CT molecular complexity index is 1130. The third-order valence-corrected chi connectivity index (χ3v) is 6.94. The predicted molar refractivity (Wildman–Crippen MR) is 125 cm³/mol. The molecule has 0 bridgehead atoms. The van der Waals surface area contributed by atoms with Crippen molar-refractivity contribution in [3.05, 3.63) is 114 Å². The summed E-state index contributed by atoms with van der Waals surface area (Å²) in [6, 6.07) is 24.1. The Kier molecular flexibility index (Phi) is 7.98. The molecule has 6 heteroatoms. The van der Waals surface area contributed by atoms with Gasteiger partial charge in [0.25, 0.3) is 0 Å². The average Bonchev–Trinajstić information content (AvgIpc) is 2.81. The summed E-state index contributed by atoms with van der Waals surface area (Å²) in [4.78, 5) is 13.3. The number of ether oxygens (including phenoxy) is 1. The van der Waals surface area contributed by atoms with Gasteiger partial charge in [-0.3, -0.25) is 4.79 Å². The first-order valence-electron chi connectivity index (χ1n) is 10.4. The Morgan fingerprint density at radius 3 is 2.06 bits per heavy atom. The van der Waals surface area contributed by atoms with Crippen LogP contribution in [-0.2, 0) is 32.6 Å². The molecule has 0 fully saturated rings. The summed E-state index contributed by atoms with van der Waals surface area (Å²) in [6.45, 7) is 5.64. The third-order valence-electron chi connectivity index (χ3n) is 5.05. The Morgan fingerprint density at radius 2 is 1.50 bits per heavy atom. The van der Waals surface area contributed by atoms with Gasteiger partial charge in [-0.15, -0.1) is 6.58 Å². The van der Waals surface area contributed by atoms with Crippen LogP contribution in [0, 0.1) is 6.92 Å². The lowest BCUT2D eigenvalue weighted by atomic mass is 10.1. The third kappa shape index (κ3) is 5.93. The van der Waals surface area contributed by atoms with Crippen LogP contribution in [0.5, 0.6) is 0 Å². The van der Waals surface area contributed by atoms with Crippen molar-refractivity contribution in [1.29, 1.82) is 0 Å². The molecule has 32 heavy (non-hydrogen) atoms. The van der Waals surface area contributed by atoms with Gasteiger partial charge in [0, 0.05) is 6.54 Å². The lowest BCUT2D eigenvalue weighted by Crippen LogP contribution is -2.47. The molecular formula is C26H27NO4S. The molecule has 0 saturated heterocycles. The van der Waals surface area contributed by atoms with Gasteiger partial charge in [0.1, 0.15) is 12.6 Å². The van der Waals surface area contributed by atoms with E-state index in [1.54, 1.807) is 24.3 Å². The second kappa shape index (κ2) is 10.9. The maximum Gasteiger partial charge on any atom is 0.325 e. The van der Waals surface area contributed by atoms with Crippen molar-refractivity contribution in [2.24, 2.45) is 0 Å². The molecular weight excluding hydrogens is 422 g/mol. The fourth-order valence-corrected chi connectivity index (χ4v) is 4.88. The largest absolute Gasteiger partial charge is 0.460 e. The minimum Gasteiger partial charge on any atom is -0.460 e. The Hall–Kier alpha value is -3.22. The first-order valence-corrected chi connectivity index (χ1v) is 11.8. The number of sulfonamides is 1. The zero-order chi connectivity index (χ0) is 23.0. The highest BCUT2D eigenvalue weighted by molar-refractivity contribution is 7.89. The Labute approximate surface area is 190 Å². The highest BCUT2D eigenvalue weighted by atomic mass is 32.2. The van der Waals surface area contributed by atoms with Crippen molar-refractivity contribution < 1.29 is 17.9 Å². The molecule has 0 saturated carbocycles. The van der Waals surface area contributed by atoms with E-state index in [-0.39, 0.29) is 24.5 Å². The Balaban J connectivity index is 1.94. The molecule has 0 radical (unpaired) electrons. The lowest BCUT2D eigenvalue weighted by molar-refractivity contribution is -0.149. The van der Waals surface area contributed by atoms with Gasteiger partial charge < -0.3 is 4.74 Å². The summed E-state index contributed by atoms with van der Waals surface area (Å²) in [5, 5.41) is 0. The first-order chi connectivity index (χ1) is 15.4. The highest BCUT2D eigenvalue weighted by Gasteiger charge is 2.36. The van der Waals surface area contributed by atoms with Crippen LogP contribution in [0.4, 0.5) is 0 Å². The number of rotatable bonds is 10. The van der Waals surface area contributed by atoms with E-state index in [1.807, 2.05) is 67.6 Å². The molecule has 5 nitrogen and oxygen atoms in total. The van der Waals surface area contributed by atoms with E-state index in [2.05, 4.69) is 6.58 Å². The van der Waals surface area contributed by atoms with Gasteiger partial charge in [-0.2, -0.15) is 4.31 Å². The van der Waals surface area contributed by atoms with E-state index in [4.69, 9.17) is 4.74 Å². The van der Waals surface area contributed by atoms with Crippen molar-refractivity contribution in [1.82, 2.24) is 4.31 Å². The van der Waals surface area contributed by atoms with E-state index in [0.717, 1.165) is 16.7 Å². The molecule has 0 aliphatic heterocycles. The monoisotopic (exact) mass is 449 g/mol. The van der Waals surface area contributed by atoms with Crippen LogP contribution < -0.4 is 0 Å². The van der Waals surface area contributed by atoms with Crippen molar-refractivity contribution in [2.75, 3.05) is 6.54 Å². The van der Waals surface area contributed by atoms with Gasteiger partial charge in [0.15, 0.2) is 0 Å². The van der Waals surface area contributed by atoms with E-state index >= 15 is 0 Å². The molecule has 0 unspecified atom stereocenters. The number of benzene rings is 3. The summed E-state index contributed by atoms with van der Waals surface area (Å²) in [6.07, 6.45) is 1.67. The SMILES string of the molecule is C=CCN([C@@H](Cc1ccccc1)C(=O)OCc1ccccc1)S(=O)(=O)c1ccc(C)cc1. The molecule has 3 rings (SSSR count). The maximum atomic E-state index is 13.5. The van der Waals surface area contributed by atoms with Crippen molar-refractivity contribution in [3.63, 3.8) is 0 Å². The number of hydrogen-bond acceptors (Lipinski definition) is 4. The standard InChI is InChI=1S/C26H27NO4S/c1-3-18-27(32(29,30)24-16-14-21(2)15-17-24)25(19-22-10-6-4-7-11-22)26(28)31-20-23-12-8-5-9-13-23/h3-17,25H,1,18-20H2,2H3/t25-/m0/s1. The fourth-order valence-electron chi connectivity index (χ4n) is 3.33. The predicted octanol–water partition coefficient (Wildman–Crippen LogP) is 4.53. The van der Waals surface area contributed by atoms with Crippen LogP contribution in [0.15, 0.2) is 102 Å². The molecule has 3 aromatic carbocycles. The van der Waals surface area contributed by atoms with Crippen LogP contribution in [0.25, 0.3) is 0 Å².